The minimum atomic E-state index is -4.95. The Kier molecular flexibility index (Phi) is 8.73. The summed E-state index contributed by atoms with van der Waals surface area (Å²) >= 11 is 0. The standard InChI is InChI=1S/C35H36F6N2O2/c36-34(37,38)27-18-25(19-28(20-27)35(39,40)41)23-45-31-15-14-30-29(32(44)42-16-8-3-9-17-42)21-33(31,26-12-6-2-7-13-26)43(30)22-24-10-4-1-5-11-24/h1-2,4-7,10-13,18-20,29-31H,3,8-9,14-17,21-23H2. The third-order valence-corrected chi connectivity index (χ3v) is 9.72. The van der Waals surface area contributed by atoms with Crippen molar-refractivity contribution in [1.29, 1.82) is 0 Å². The number of alkyl halides is 6. The molecule has 4 unspecified atom stereocenters. The first-order valence-corrected chi connectivity index (χ1v) is 15.5. The van der Waals surface area contributed by atoms with Crippen LogP contribution < -0.4 is 0 Å². The number of ether oxygens (including phenoxy) is 1. The molecular weight excluding hydrogens is 594 g/mol. The number of benzene rings is 3. The highest BCUT2D eigenvalue weighted by atomic mass is 19.4. The van der Waals surface area contributed by atoms with Crippen LogP contribution in [0.2, 0.25) is 0 Å². The zero-order chi connectivity index (χ0) is 31.8. The first-order valence-electron chi connectivity index (χ1n) is 15.5. The van der Waals surface area contributed by atoms with Crippen LogP contribution >= 0.6 is 0 Å². The average Bonchev–Trinajstić information content (AvgIpc) is 3.24. The molecule has 3 aliphatic heterocycles. The van der Waals surface area contributed by atoms with Gasteiger partial charge in [0.1, 0.15) is 0 Å². The lowest BCUT2D eigenvalue weighted by Gasteiger charge is -2.50. The Bertz CT molecular complexity index is 1440. The molecule has 0 saturated carbocycles. The number of piperidine rings is 2. The van der Waals surface area contributed by atoms with Crippen molar-refractivity contribution in [3.63, 3.8) is 0 Å². The Labute approximate surface area is 259 Å². The van der Waals surface area contributed by atoms with Gasteiger partial charge < -0.3 is 9.64 Å². The number of halogens is 6. The molecule has 0 aliphatic carbocycles. The van der Waals surface area contributed by atoms with E-state index in [-0.39, 0.29) is 29.5 Å². The van der Waals surface area contributed by atoms with Gasteiger partial charge in [0.25, 0.3) is 0 Å². The summed E-state index contributed by atoms with van der Waals surface area (Å²) in [5, 5.41) is 0. The molecule has 240 valence electrons. The molecule has 3 saturated heterocycles. The van der Waals surface area contributed by atoms with Crippen LogP contribution in [0.1, 0.15) is 66.3 Å². The summed E-state index contributed by atoms with van der Waals surface area (Å²) in [4.78, 5) is 18.4. The number of likely N-dealkylation sites (tertiary alicyclic amines) is 1. The summed E-state index contributed by atoms with van der Waals surface area (Å²) in [6.45, 7) is 1.53. The van der Waals surface area contributed by atoms with Crippen LogP contribution in [0.3, 0.4) is 0 Å². The van der Waals surface area contributed by atoms with E-state index < -0.39 is 41.7 Å². The van der Waals surface area contributed by atoms with Crippen molar-refractivity contribution in [2.45, 2.75) is 81.7 Å². The van der Waals surface area contributed by atoms with Crippen molar-refractivity contribution in [1.82, 2.24) is 9.80 Å². The van der Waals surface area contributed by atoms with Gasteiger partial charge in [-0.2, -0.15) is 26.3 Å². The highest BCUT2D eigenvalue weighted by Gasteiger charge is 2.61. The zero-order valence-corrected chi connectivity index (χ0v) is 24.8. The van der Waals surface area contributed by atoms with E-state index in [1.54, 1.807) is 0 Å². The van der Waals surface area contributed by atoms with Crippen molar-refractivity contribution in [2.75, 3.05) is 13.1 Å². The van der Waals surface area contributed by atoms with E-state index in [1.165, 1.54) is 0 Å². The summed E-state index contributed by atoms with van der Waals surface area (Å²) < 4.78 is 88.1. The maximum absolute atomic E-state index is 14.1. The molecule has 0 radical (unpaired) electrons. The predicted molar refractivity (Wildman–Crippen MR) is 157 cm³/mol. The van der Waals surface area contributed by atoms with E-state index in [9.17, 15) is 31.1 Å². The van der Waals surface area contributed by atoms with Crippen LogP contribution in [0.5, 0.6) is 0 Å². The van der Waals surface area contributed by atoms with Crippen LogP contribution in [-0.4, -0.2) is 40.9 Å². The fourth-order valence-corrected chi connectivity index (χ4v) is 7.69. The number of carbonyl (C=O) groups excluding carboxylic acids is 1. The van der Waals surface area contributed by atoms with Gasteiger partial charge in [0.05, 0.1) is 35.3 Å². The SMILES string of the molecule is O=C(C1CC2(c3ccccc3)C(OCc3cc(C(F)(F)F)cc(C(F)(F)F)c3)CCC1N2Cc1ccccc1)N1CCCCC1. The van der Waals surface area contributed by atoms with E-state index in [4.69, 9.17) is 4.74 Å². The quantitative estimate of drug-likeness (QED) is 0.247. The Morgan fingerprint density at radius 2 is 1.38 bits per heavy atom. The molecular formula is C35H36F6N2O2. The lowest BCUT2D eigenvalue weighted by atomic mass is 9.78. The maximum atomic E-state index is 14.1. The zero-order valence-electron chi connectivity index (χ0n) is 24.8. The smallest absolute Gasteiger partial charge is 0.371 e. The molecule has 3 aromatic rings. The minimum Gasteiger partial charge on any atom is -0.371 e. The van der Waals surface area contributed by atoms with Crippen LogP contribution in [-0.2, 0) is 40.6 Å². The molecule has 6 rings (SSSR count). The molecule has 3 aliphatic rings. The van der Waals surface area contributed by atoms with Crippen molar-refractivity contribution < 1.29 is 35.9 Å². The summed E-state index contributed by atoms with van der Waals surface area (Å²) in [6.07, 6.45) is -5.88. The lowest BCUT2D eigenvalue weighted by Crippen LogP contribution is -2.56. The molecule has 3 aromatic carbocycles. The van der Waals surface area contributed by atoms with Crippen molar-refractivity contribution in [3.8, 4) is 0 Å². The number of amides is 1. The van der Waals surface area contributed by atoms with Gasteiger partial charge in [-0.1, -0.05) is 60.7 Å². The molecule has 10 heteroatoms. The molecule has 4 nitrogen and oxygen atoms in total. The number of fused-ring (bicyclic) bond motifs is 2. The molecule has 0 spiro atoms. The van der Waals surface area contributed by atoms with Crippen molar-refractivity contribution in [3.05, 3.63) is 107 Å². The van der Waals surface area contributed by atoms with E-state index in [0.717, 1.165) is 55.6 Å². The number of nitrogens with zero attached hydrogens (tertiary/aromatic N) is 2. The third-order valence-electron chi connectivity index (χ3n) is 9.72. The van der Waals surface area contributed by atoms with E-state index in [2.05, 4.69) is 4.90 Å². The van der Waals surface area contributed by atoms with Gasteiger partial charge in [-0.15, -0.1) is 0 Å². The average molecular weight is 631 g/mol. The molecule has 2 bridgehead atoms. The minimum absolute atomic E-state index is 0.0925. The largest absolute Gasteiger partial charge is 0.416 e. The Morgan fingerprint density at radius 1 is 0.778 bits per heavy atom. The van der Waals surface area contributed by atoms with Gasteiger partial charge in [0, 0.05) is 25.7 Å². The molecule has 3 fully saturated rings. The van der Waals surface area contributed by atoms with E-state index in [1.807, 2.05) is 65.6 Å². The number of hydrogen-bond acceptors (Lipinski definition) is 3. The second kappa shape index (κ2) is 12.4. The molecule has 0 N–H and O–H groups in total. The van der Waals surface area contributed by atoms with Crippen LogP contribution in [0.25, 0.3) is 0 Å². The van der Waals surface area contributed by atoms with Gasteiger partial charge in [-0.25, -0.2) is 0 Å². The highest BCUT2D eigenvalue weighted by molar-refractivity contribution is 5.80. The maximum Gasteiger partial charge on any atom is 0.416 e. The Hall–Kier alpha value is -3.37. The van der Waals surface area contributed by atoms with Gasteiger partial charge in [0.15, 0.2) is 0 Å². The van der Waals surface area contributed by atoms with Crippen molar-refractivity contribution >= 4 is 5.91 Å². The number of rotatable bonds is 7. The third kappa shape index (κ3) is 6.36. The molecule has 0 aromatic heterocycles. The summed E-state index contributed by atoms with van der Waals surface area (Å²) in [5.41, 5.74) is -1.78. The van der Waals surface area contributed by atoms with Gasteiger partial charge in [0.2, 0.25) is 5.91 Å². The molecule has 4 atom stereocenters. The van der Waals surface area contributed by atoms with E-state index in [0.29, 0.717) is 25.8 Å². The summed E-state index contributed by atoms with van der Waals surface area (Å²) in [7, 11) is 0. The first-order chi connectivity index (χ1) is 21.5. The first kappa shape index (κ1) is 31.6. The number of hydrogen-bond donors (Lipinski definition) is 0. The fourth-order valence-electron chi connectivity index (χ4n) is 7.69. The van der Waals surface area contributed by atoms with E-state index >= 15 is 0 Å². The van der Waals surface area contributed by atoms with Crippen molar-refractivity contribution in [2.24, 2.45) is 5.92 Å². The van der Waals surface area contributed by atoms with Crippen LogP contribution in [0.15, 0.2) is 78.9 Å². The fraction of sp³-hybridized carbons (Fsp3) is 0.457. The summed E-state index contributed by atoms with van der Waals surface area (Å²) in [6, 6.07) is 21.1. The Morgan fingerprint density at radius 3 is 1.98 bits per heavy atom. The monoisotopic (exact) mass is 630 g/mol. The second-order valence-electron chi connectivity index (χ2n) is 12.5. The predicted octanol–water partition coefficient (Wildman–Crippen LogP) is 8.20. The summed E-state index contributed by atoms with van der Waals surface area (Å²) in [5.74, 6) is -0.199. The lowest BCUT2D eigenvalue weighted by molar-refractivity contribution is -0.143. The topological polar surface area (TPSA) is 32.8 Å². The second-order valence-corrected chi connectivity index (χ2v) is 12.5. The van der Waals surface area contributed by atoms with Gasteiger partial charge in [-0.3, -0.25) is 9.69 Å². The normalized spacial score (nSPS) is 25.8. The van der Waals surface area contributed by atoms with Gasteiger partial charge >= 0.3 is 12.4 Å². The molecule has 45 heavy (non-hydrogen) atoms. The number of carbonyl (C=O) groups is 1. The Balaban J connectivity index is 1.39. The van der Waals surface area contributed by atoms with Crippen LogP contribution in [0, 0.1) is 5.92 Å². The van der Waals surface area contributed by atoms with Gasteiger partial charge in [-0.05, 0) is 73.4 Å². The molecule has 3 heterocycles. The highest BCUT2D eigenvalue weighted by Crippen LogP contribution is 2.55. The van der Waals surface area contributed by atoms with Crippen LogP contribution in [0.4, 0.5) is 26.3 Å². The molecule has 1 amide bonds.